The molecule has 0 fully saturated rings. The number of hydrogen-bond donors (Lipinski definition) is 1. The molecule has 0 saturated carbocycles. The number of likely N-dealkylation sites (N-methyl/N-ethyl adjacent to an activating group) is 1. The Bertz CT molecular complexity index is 719. The van der Waals surface area contributed by atoms with Crippen LogP contribution in [0, 0.1) is 0 Å². The summed E-state index contributed by atoms with van der Waals surface area (Å²) in [5.41, 5.74) is -0.138. The van der Waals surface area contributed by atoms with Gasteiger partial charge in [-0.3, -0.25) is 4.90 Å². The lowest BCUT2D eigenvalue weighted by Gasteiger charge is -2.37. The van der Waals surface area contributed by atoms with Crippen molar-refractivity contribution in [2.24, 2.45) is 0 Å². The number of phenols is 1. The quantitative estimate of drug-likeness (QED) is 0.708. The topological polar surface area (TPSA) is 68.2 Å². The molecule has 0 aliphatic heterocycles. The fourth-order valence-corrected chi connectivity index (χ4v) is 3.90. The molecule has 1 atom stereocenters. The van der Waals surface area contributed by atoms with Crippen molar-refractivity contribution < 1.29 is 24.1 Å². The van der Waals surface area contributed by atoms with Gasteiger partial charge in [-0.15, -0.1) is 11.3 Å². The lowest BCUT2D eigenvalue weighted by molar-refractivity contribution is 0.0131. The van der Waals surface area contributed by atoms with Crippen LogP contribution in [0.15, 0.2) is 29.6 Å². The van der Waals surface area contributed by atoms with Gasteiger partial charge in [-0.25, -0.2) is 4.79 Å². The van der Waals surface area contributed by atoms with Crippen molar-refractivity contribution in [1.29, 1.82) is 0 Å². The fourth-order valence-electron chi connectivity index (χ4n) is 2.84. The number of benzene rings is 1. The van der Waals surface area contributed by atoms with E-state index in [1.54, 1.807) is 11.3 Å². The van der Waals surface area contributed by atoms with Crippen molar-refractivity contribution in [2.45, 2.75) is 18.9 Å². The third kappa shape index (κ3) is 3.78. The SMILES string of the molecule is CCC(COC(=O)c1cc(OC)c(O)c(OC)c1)(c1cccs1)N(C)C. The number of rotatable bonds is 8. The maximum absolute atomic E-state index is 12.6. The van der Waals surface area contributed by atoms with Crippen LogP contribution in [0.25, 0.3) is 0 Å². The summed E-state index contributed by atoms with van der Waals surface area (Å²) in [7, 11) is 6.77. The zero-order valence-electron chi connectivity index (χ0n) is 15.7. The highest BCUT2D eigenvalue weighted by Crippen LogP contribution is 2.38. The van der Waals surface area contributed by atoms with Gasteiger partial charge in [0.05, 0.1) is 25.3 Å². The highest BCUT2D eigenvalue weighted by Gasteiger charge is 2.36. The predicted molar refractivity (Wildman–Crippen MR) is 101 cm³/mol. The number of nitrogens with zero attached hydrogens (tertiary/aromatic N) is 1. The summed E-state index contributed by atoms with van der Waals surface area (Å²) in [5.74, 6) is -0.341. The molecule has 2 aromatic rings. The van der Waals surface area contributed by atoms with Crippen molar-refractivity contribution in [3.63, 3.8) is 0 Å². The summed E-state index contributed by atoms with van der Waals surface area (Å²) in [6.07, 6.45) is 0.788. The molecule has 0 spiro atoms. The summed E-state index contributed by atoms with van der Waals surface area (Å²) in [5, 5.41) is 12.0. The molecule has 26 heavy (non-hydrogen) atoms. The van der Waals surface area contributed by atoms with Gasteiger partial charge >= 0.3 is 5.97 Å². The van der Waals surface area contributed by atoms with Gasteiger partial charge in [0.1, 0.15) is 6.61 Å². The Balaban J connectivity index is 2.26. The number of phenolic OH excluding ortho intramolecular Hbond substituents is 1. The summed E-state index contributed by atoms with van der Waals surface area (Å²) >= 11 is 1.64. The molecule has 1 N–H and O–H groups in total. The smallest absolute Gasteiger partial charge is 0.338 e. The molecule has 0 aliphatic carbocycles. The Morgan fingerprint density at radius 3 is 2.27 bits per heavy atom. The minimum absolute atomic E-state index is 0.152. The molecular weight excluding hydrogens is 354 g/mol. The Morgan fingerprint density at radius 2 is 1.85 bits per heavy atom. The van der Waals surface area contributed by atoms with E-state index in [2.05, 4.69) is 17.9 Å². The molecule has 0 radical (unpaired) electrons. The van der Waals surface area contributed by atoms with Gasteiger partial charge in [0.25, 0.3) is 0 Å². The van der Waals surface area contributed by atoms with E-state index in [1.807, 2.05) is 25.5 Å². The van der Waals surface area contributed by atoms with Crippen LogP contribution in [0.5, 0.6) is 17.2 Å². The van der Waals surface area contributed by atoms with E-state index in [4.69, 9.17) is 14.2 Å². The third-order valence-corrected chi connectivity index (χ3v) is 5.64. The Morgan fingerprint density at radius 1 is 1.23 bits per heavy atom. The largest absolute Gasteiger partial charge is 0.502 e. The molecule has 1 unspecified atom stereocenters. The average Bonchev–Trinajstić information content (AvgIpc) is 3.17. The van der Waals surface area contributed by atoms with Crippen LogP contribution in [-0.2, 0) is 10.3 Å². The zero-order chi connectivity index (χ0) is 19.3. The summed E-state index contributed by atoms with van der Waals surface area (Å²) < 4.78 is 15.8. The Labute approximate surface area is 157 Å². The molecule has 7 heteroatoms. The number of ether oxygens (including phenoxy) is 3. The monoisotopic (exact) mass is 379 g/mol. The molecule has 0 aliphatic rings. The first-order valence-corrected chi connectivity index (χ1v) is 9.11. The minimum atomic E-state index is -0.502. The second kappa shape index (κ2) is 8.42. The highest BCUT2D eigenvalue weighted by molar-refractivity contribution is 7.10. The number of carbonyl (C=O) groups excluding carboxylic acids is 1. The van der Waals surface area contributed by atoms with Gasteiger partial charge in [0, 0.05) is 4.88 Å². The number of esters is 1. The van der Waals surface area contributed by atoms with E-state index < -0.39 is 11.5 Å². The molecule has 142 valence electrons. The van der Waals surface area contributed by atoms with E-state index >= 15 is 0 Å². The van der Waals surface area contributed by atoms with Crippen LogP contribution in [-0.4, -0.2) is 50.9 Å². The Kier molecular flexibility index (Phi) is 6.50. The van der Waals surface area contributed by atoms with Gasteiger partial charge < -0.3 is 19.3 Å². The van der Waals surface area contributed by atoms with E-state index in [1.165, 1.54) is 26.4 Å². The summed E-state index contributed by atoms with van der Waals surface area (Å²) in [6, 6.07) is 6.92. The van der Waals surface area contributed by atoms with Crippen LogP contribution < -0.4 is 9.47 Å². The normalized spacial score (nSPS) is 13.3. The van der Waals surface area contributed by atoms with E-state index in [-0.39, 0.29) is 29.4 Å². The van der Waals surface area contributed by atoms with Crippen molar-refractivity contribution in [1.82, 2.24) is 4.90 Å². The van der Waals surface area contributed by atoms with Crippen LogP contribution in [0.3, 0.4) is 0 Å². The number of thiophene rings is 1. The minimum Gasteiger partial charge on any atom is -0.502 e. The van der Waals surface area contributed by atoms with Crippen molar-refractivity contribution in [3.05, 3.63) is 40.1 Å². The molecular formula is C19H25NO5S. The third-order valence-electron chi connectivity index (χ3n) is 4.58. The number of carbonyl (C=O) groups is 1. The van der Waals surface area contributed by atoms with Crippen molar-refractivity contribution in [2.75, 3.05) is 34.9 Å². The van der Waals surface area contributed by atoms with Gasteiger partial charge in [-0.1, -0.05) is 13.0 Å². The Hall–Kier alpha value is -2.25. The zero-order valence-corrected chi connectivity index (χ0v) is 16.6. The average molecular weight is 379 g/mol. The lowest BCUT2D eigenvalue weighted by atomic mass is 9.93. The van der Waals surface area contributed by atoms with E-state index in [0.717, 1.165) is 11.3 Å². The maximum atomic E-state index is 12.6. The molecule has 1 aromatic heterocycles. The first kappa shape index (κ1) is 20.1. The van der Waals surface area contributed by atoms with Gasteiger partial charge in [-0.05, 0) is 44.1 Å². The molecule has 0 amide bonds. The van der Waals surface area contributed by atoms with Gasteiger partial charge in [-0.2, -0.15) is 0 Å². The highest BCUT2D eigenvalue weighted by atomic mass is 32.1. The van der Waals surface area contributed by atoms with Gasteiger partial charge in [0.15, 0.2) is 11.5 Å². The van der Waals surface area contributed by atoms with Crippen LogP contribution in [0.4, 0.5) is 0 Å². The van der Waals surface area contributed by atoms with Crippen LogP contribution in [0.1, 0.15) is 28.6 Å². The molecule has 2 rings (SSSR count). The number of hydrogen-bond acceptors (Lipinski definition) is 7. The summed E-state index contributed by atoms with van der Waals surface area (Å²) in [4.78, 5) is 15.8. The molecule has 1 heterocycles. The predicted octanol–water partition coefficient (Wildman–Crippen LogP) is 3.49. The second-order valence-electron chi connectivity index (χ2n) is 6.06. The van der Waals surface area contributed by atoms with E-state index in [0.29, 0.717) is 0 Å². The first-order valence-electron chi connectivity index (χ1n) is 8.23. The van der Waals surface area contributed by atoms with Crippen molar-refractivity contribution >= 4 is 17.3 Å². The first-order chi connectivity index (χ1) is 12.4. The second-order valence-corrected chi connectivity index (χ2v) is 7.01. The lowest BCUT2D eigenvalue weighted by Crippen LogP contribution is -2.45. The maximum Gasteiger partial charge on any atom is 0.338 e. The van der Waals surface area contributed by atoms with Crippen molar-refractivity contribution in [3.8, 4) is 17.2 Å². The van der Waals surface area contributed by atoms with Crippen LogP contribution >= 0.6 is 11.3 Å². The fraction of sp³-hybridized carbons (Fsp3) is 0.421. The molecule has 0 bridgehead atoms. The molecule has 6 nitrogen and oxygen atoms in total. The van der Waals surface area contributed by atoms with Gasteiger partial charge in [0.2, 0.25) is 5.75 Å². The van der Waals surface area contributed by atoms with E-state index in [9.17, 15) is 9.90 Å². The molecule has 1 aromatic carbocycles. The standard InChI is InChI=1S/C19H25NO5S/c1-6-19(20(2)3,16-8-7-9-26-16)12-25-18(22)13-10-14(23-4)17(21)15(11-13)24-5/h7-11,21H,6,12H2,1-5H3. The molecule has 0 saturated heterocycles. The number of aromatic hydroxyl groups is 1. The van der Waals surface area contributed by atoms with Crippen LogP contribution in [0.2, 0.25) is 0 Å². The number of methoxy groups -OCH3 is 2. The summed E-state index contributed by atoms with van der Waals surface area (Å²) in [6.45, 7) is 2.28.